The Kier molecular flexibility index (Phi) is 7.63. The third-order valence-corrected chi connectivity index (χ3v) is 2.98. The van der Waals surface area contributed by atoms with E-state index >= 15 is 0 Å². The van der Waals surface area contributed by atoms with Crippen molar-refractivity contribution >= 4 is 18.1 Å². The summed E-state index contributed by atoms with van der Waals surface area (Å²) in [5.74, 6) is -0.601. The summed E-state index contributed by atoms with van der Waals surface area (Å²) >= 11 is 0. The molecule has 1 rings (SSSR count). The van der Waals surface area contributed by atoms with Gasteiger partial charge in [0.2, 0.25) is 0 Å². The monoisotopic (exact) mass is 379 g/mol. The number of benzene rings is 1. The number of ether oxygens (including phenoxy) is 2. The van der Waals surface area contributed by atoms with Crippen molar-refractivity contribution in [2.75, 3.05) is 0 Å². The molecule has 0 radical (unpaired) electrons. The highest BCUT2D eigenvalue weighted by Gasteiger charge is 2.25. The minimum atomic E-state index is -0.947. The van der Waals surface area contributed by atoms with Crippen LogP contribution in [0.25, 0.3) is 0 Å². The zero-order chi connectivity index (χ0) is 20.7. The maximum absolute atomic E-state index is 12.5. The minimum Gasteiger partial charge on any atom is -0.444 e. The number of rotatable bonds is 4. The molecule has 27 heavy (non-hydrogen) atoms. The second-order valence-corrected chi connectivity index (χ2v) is 8.00. The number of amides is 3. The third kappa shape index (κ3) is 10.1. The topological polar surface area (TPSA) is 106 Å². The average Bonchev–Trinajstić information content (AvgIpc) is 2.49. The Balaban J connectivity index is 2.75. The van der Waals surface area contributed by atoms with E-state index in [0.29, 0.717) is 0 Å². The second kappa shape index (κ2) is 9.25. The molecule has 0 aliphatic rings. The standard InChI is InChI=1S/C19H29N3O5/c1-18(2,3)26-16(24)20-14(12-13-10-8-7-9-11-13)15(23)21-22-17(25)27-19(4,5)6/h7-11,14H,12H2,1-6H3,(H,20,24)(H,21,23)(H,22,25)/t14-/m0/s1. The van der Waals surface area contributed by atoms with E-state index in [-0.39, 0.29) is 6.42 Å². The first kappa shape index (κ1) is 22.3. The average molecular weight is 379 g/mol. The van der Waals surface area contributed by atoms with Gasteiger partial charge in [0.05, 0.1) is 0 Å². The first-order chi connectivity index (χ1) is 12.4. The maximum atomic E-state index is 12.5. The van der Waals surface area contributed by atoms with E-state index in [1.807, 2.05) is 30.3 Å². The van der Waals surface area contributed by atoms with Crippen LogP contribution in [0.1, 0.15) is 47.1 Å². The van der Waals surface area contributed by atoms with Gasteiger partial charge in [-0.2, -0.15) is 0 Å². The fourth-order valence-electron chi connectivity index (χ4n) is 2.01. The Labute approximate surface area is 160 Å². The molecule has 3 N–H and O–H groups in total. The largest absolute Gasteiger partial charge is 0.444 e. The van der Waals surface area contributed by atoms with Crippen molar-refractivity contribution in [3.05, 3.63) is 35.9 Å². The molecular weight excluding hydrogens is 350 g/mol. The molecule has 0 aromatic heterocycles. The summed E-state index contributed by atoms with van der Waals surface area (Å²) in [7, 11) is 0. The van der Waals surface area contributed by atoms with E-state index in [4.69, 9.17) is 9.47 Å². The molecule has 0 saturated carbocycles. The first-order valence-electron chi connectivity index (χ1n) is 8.68. The molecule has 1 atom stereocenters. The van der Waals surface area contributed by atoms with Crippen LogP contribution in [-0.4, -0.2) is 35.3 Å². The predicted octanol–water partition coefficient (Wildman–Crippen LogP) is 2.68. The van der Waals surface area contributed by atoms with Crippen molar-refractivity contribution < 1.29 is 23.9 Å². The Hall–Kier alpha value is -2.77. The van der Waals surface area contributed by atoms with Gasteiger partial charge >= 0.3 is 12.2 Å². The van der Waals surface area contributed by atoms with Crippen LogP contribution >= 0.6 is 0 Å². The zero-order valence-corrected chi connectivity index (χ0v) is 16.7. The number of nitrogens with one attached hydrogen (secondary N) is 3. The lowest BCUT2D eigenvalue weighted by atomic mass is 10.1. The summed E-state index contributed by atoms with van der Waals surface area (Å²) in [6.07, 6.45) is -1.30. The molecule has 1 aromatic carbocycles. The molecule has 8 nitrogen and oxygen atoms in total. The first-order valence-corrected chi connectivity index (χ1v) is 8.68. The van der Waals surface area contributed by atoms with Crippen molar-refractivity contribution in [1.82, 2.24) is 16.2 Å². The van der Waals surface area contributed by atoms with E-state index < -0.39 is 35.3 Å². The quantitative estimate of drug-likeness (QED) is 0.698. The molecule has 0 heterocycles. The van der Waals surface area contributed by atoms with Crippen LogP contribution in [0.15, 0.2) is 30.3 Å². The predicted molar refractivity (Wildman–Crippen MR) is 101 cm³/mol. The third-order valence-electron chi connectivity index (χ3n) is 2.98. The van der Waals surface area contributed by atoms with Crippen molar-refractivity contribution in [2.45, 2.75) is 65.2 Å². The number of carbonyl (C=O) groups is 3. The molecular formula is C19H29N3O5. The van der Waals surface area contributed by atoms with Gasteiger partial charge in [-0.3, -0.25) is 10.2 Å². The smallest absolute Gasteiger partial charge is 0.426 e. The van der Waals surface area contributed by atoms with Crippen molar-refractivity contribution in [1.29, 1.82) is 0 Å². The fraction of sp³-hybridized carbons (Fsp3) is 0.526. The molecule has 0 bridgehead atoms. The van der Waals surface area contributed by atoms with Gasteiger partial charge < -0.3 is 14.8 Å². The summed E-state index contributed by atoms with van der Waals surface area (Å²) < 4.78 is 10.3. The van der Waals surface area contributed by atoms with Crippen LogP contribution in [0.5, 0.6) is 0 Å². The van der Waals surface area contributed by atoms with Gasteiger partial charge in [-0.25, -0.2) is 15.0 Å². The van der Waals surface area contributed by atoms with E-state index in [0.717, 1.165) is 5.56 Å². The molecule has 8 heteroatoms. The summed E-state index contributed by atoms with van der Waals surface area (Å²) in [6, 6.07) is 8.23. The Morgan fingerprint density at radius 3 is 1.89 bits per heavy atom. The summed E-state index contributed by atoms with van der Waals surface area (Å²) in [5, 5.41) is 2.53. The van der Waals surface area contributed by atoms with Crippen LogP contribution in [0.2, 0.25) is 0 Å². The van der Waals surface area contributed by atoms with Gasteiger partial charge in [-0.1, -0.05) is 30.3 Å². The molecule has 0 unspecified atom stereocenters. The minimum absolute atomic E-state index is 0.224. The van der Waals surface area contributed by atoms with Crippen LogP contribution in [0.3, 0.4) is 0 Å². The van der Waals surface area contributed by atoms with Gasteiger partial charge in [-0.05, 0) is 47.1 Å². The summed E-state index contributed by atoms with van der Waals surface area (Å²) in [6.45, 7) is 10.3. The number of hydrogen-bond donors (Lipinski definition) is 3. The lowest BCUT2D eigenvalue weighted by Gasteiger charge is -2.24. The Morgan fingerprint density at radius 2 is 1.37 bits per heavy atom. The van der Waals surface area contributed by atoms with Gasteiger partial charge in [0.1, 0.15) is 17.2 Å². The van der Waals surface area contributed by atoms with Gasteiger partial charge in [0.15, 0.2) is 0 Å². The van der Waals surface area contributed by atoms with Crippen molar-refractivity contribution in [3.8, 4) is 0 Å². The van der Waals surface area contributed by atoms with E-state index in [9.17, 15) is 14.4 Å². The molecule has 0 saturated heterocycles. The van der Waals surface area contributed by atoms with Crippen molar-refractivity contribution in [2.24, 2.45) is 0 Å². The number of carbonyl (C=O) groups excluding carboxylic acids is 3. The van der Waals surface area contributed by atoms with Crippen LogP contribution in [0, 0.1) is 0 Å². The second-order valence-electron chi connectivity index (χ2n) is 8.00. The van der Waals surface area contributed by atoms with Gasteiger partial charge in [0, 0.05) is 6.42 Å². The Bertz CT molecular complexity index is 648. The summed E-state index contributed by atoms with van der Waals surface area (Å²) in [5.41, 5.74) is 3.87. The van der Waals surface area contributed by atoms with E-state index in [2.05, 4.69) is 16.2 Å². The lowest BCUT2D eigenvalue weighted by molar-refractivity contribution is -0.124. The molecule has 3 amide bonds. The van der Waals surface area contributed by atoms with Crippen LogP contribution in [0.4, 0.5) is 9.59 Å². The highest BCUT2D eigenvalue weighted by atomic mass is 16.6. The fourth-order valence-corrected chi connectivity index (χ4v) is 2.01. The van der Waals surface area contributed by atoms with Crippen LogP contribution < -0.4 is 16.2 Å². The molecule has 150 valence electrons. The number of hydrazine groups is 1. The molecule has 0 fully saturated rings. The number of alkyl carbamates (subject to hydrolysis) is 1. The molecule has 0 spiro atoms. The lowest BCUT2D eigenvalue weighted by Crippen LogP contribution is -2.54. The highest BCUT2D eigenvalue weighted by molar-refractivity contribution is 5.87. The SMILES string of the molecule is CC(C)(C)OC(=O)NNC(=O)[C@H](Cc1ccccc1)NC(=O)OC(C)(C)C. The van der Waals surface area contributed by atoms with Gasteiger partial charge in [-0.15, -0.1) is 0 Å². The maximum Gasteiger partial charge on any atom is 0.426 e. The Morgan fingerprint density at radius 1 is 0.852 bits per heavy atom. The van der Waals surface area contributed by atoms with Crippen LogP contribution in [-0.2, 0) is 20.7 Å². The molecule has 0 aliphatic carbocycles. The number of hydrogen-bond acceptors (Lipinski definition) is 5. The summed E-state index contributed by atoms with van der Waals surface area (Å²) in [4.78, 5) is 36.2. The molecule has 0 aliphatic heterocycles. The molecule has 1 aromatic rings. The highest BCUT2D eigenvalue weighted by Crippen LogP contribution is 2.09. The van der Waals surface area contributed by atoms with E-state index in [1.54, 1.807) is 41.5 Å². The van der Waals surface area contributed by atoms with E-state index in [1.165, 1.54) is 0 Å². The zero-order valence-electron chi connectivity index (χ0n) is 16.7. The van der Waals surface area contributed by atoms with Gasteiger partial charge in [0.25, 0.3) is 5.91 Å². The van der Waals surface area contributed by atoms with Crippen molar-refractivity contribution in [3.63, 3.8) is 0 Å². The normalized spacial score (nSPS) is 12.5.